The third-order valence-corrected chi connectivity index (χ3v) is 8.65. The van der Waals surface area contributed by atoms with E-state index in [4.69, 9.17) is 0 Å². The van der Waals surface area contributed by atoms with Crippen molar-refractivity contribution in [3.8, 4) is 0 Å². The van der Waals surface area contributed by atoms with Gasteiger partial charge in [0.15, 0.2) is 0 Å². The molecule has 0 aliphatic carbocycles. The third-order valence-electron chi connectivity index (χ3n) is 6.86. The molecule has 3 aromatic rings. The number of nitrogens with one attached hydrogen (secondary N) is 1. The monoisotopic (exact) mass is 549 g/mol. The normalized spacial score (nSPS) is 12.0. The van der Waals surface area contributed by atoms with E-state index < -0.39 is 28.5 Å². The lowest BCUT2D eigenvalue weighted by Crippen LogP contribution is -2.51. The van der Waals surface area contributed by atoms with Crippen molar-refractivity contribution in [3.63, 3.8) is 0 Å². The third kappa shape index (κ3) is 7.69. The highest BCUT2D eigenvalue weighted by Crippen LogP contribution is 2.27. The van der Waals surface area contributed by atoms with Crippen LogP contribution in [0.5, 0.6) is 0 Å². The number of hydrogen-bond donors (Lipinski definition) is 1. The predicted molar refractivity (Wildman–Crippen MR) is 156 cm³/mol. The maximum absolute atomic E-state index is 13.9. The highest BCUT2D eigenvalue weighted by Gasteiger charge is 2.32. The number of hydrogen-bond acceptors (Lipinski definition) is 4. The number of nitrogens with zero attached hydrogens (tertiary/aromatic N) is 2. The summed E-state index contributed by atoms with van der Waals surface area (Å²) in [5.41, 5.74) is 4.10. The van der Waals surface area contributed by atoms with Gasteiger partial charge in [-0.3, -0.25) is 13.9 Å². The van der Waals surface area contributed by atoms with Gasteiger partial charge in [0.2, 0.25) is 11.8 Å². The molecule has 208 valence electrons. The summed E-state index contributed by atoms with van der Waals surface area (Å²) in [7, 11) is -4.08. The summed E-state index contributed by atoms with van der Waals surface area (Å²) in [6, 6.07) is 20.5. The summed E-state index contributed by atoms with van der Waals surface area (Å²) >= 11 is 0. The second-order valence-electron chi connectivity index (χ2n) is 9.92. The quantitative estimate of drug-likeness (QED) is 0.317. The molecule has 0 bridgehead atoms. The average Bonchev–Trinajstić information content (AvgIpc) is 2.92. The van der Waals surface area contributed by atoms with Gasteiger partial charge in [-0.25, -0.2) is 8.42 Å². The number of carbonyl (C=O) groups excluding carboxylic acids is 2. The molecule has 0 saturated heterocycles. The van der Waals surface area contributed by atoms with Crippen LogP contribution in [0, 0.1) is 20.8 Å². The standard InChI is InChI=1S/C31H39N3O4S/c1-6-7-19-32-31(36)26(5)33(21-27-11-9-8-10-12-27)30(35)22-34(28-16-15-24(3)25(4)20-28)39(37,38)29-17-13-23(2)14-18-29/h8-18,20,26H,6-7,19,21-22H2,1-5H3,(H,32,36)/t26-/m1/s1. The van der Waals surface area contributed by atoms with E-state index in [1.807, 2.05) is 64.1 Å². The van der Waals surface area contributed by atoms with Crippen molar-refractivity contribution in [1.29, 1.82) is 0 Å². The molecule has 0 unspecified atom stereocenters. The number of carbonyl (C=O) groups is 2. The minimum atomic E-state index is -4.08. The summed E-state index contributed by atoms with van der Waals surface area (Å²) in [5, 5.41) is 2.90. The van der Waals surface area contributed by atoms with Gasteiger partial charge in [0.1, 0.15) is 12.6 Å². The Morgan fingerprint density at radius 1 is 0.897 bits per heavy atom. The first kappa shape index (κ1) is 29.9. The van der Waals surface area contributed by atoms with Crippen LogP contribution in [-0.4, -0.2) is 44.3 Å². The molecule has 2 amide bonds. The van der Waals surface area contributed by atoms with Crippen LogP contribution in [0.2, 0.25) is 0 Å². The maximum Gasteiger partial charge on any atom is 0.264 e. The van der Waals surface area contributed by atoms with Crippen LogP contribution in [0.3, 0.4) is 0 Å². The first-order valence-corrected chi connectivity index (χ1v) is 14.8. The number of aryl methyl sites for hydroxylation is 3. The molecule has 0 spiro atoms. The van der Waals surface area contributed by atoms with Crippen molar-refractivity contribution in [2.45, 2.75) is 64.9 Å². The molecule has 0 aromatic heterocycles. The zero-order valence-electron chi connectivity index (χ0n) is 23.5. The topological polar surface area (TPSA) is 86.8 Å². The Morgan fingerprint density at radius 2 is 1.56 bits per heavy atom. The molecule has 8 heteroatoms. The average molecular weight is 550 g/mol. The molecule has 1 atom stereocenters. The Bertz CT molecular complexity index is 1370. The number of unbranched alkanes of at least 4 members (excludes halogenated alkanes) is 1. The minimum Gasteiger partial charge on any atom is -0.354 e. The fourth-order valence-electron chi connectivity index (χ4n) is 4.15. The number of sulfonamides is 1. The van der Waals surface area contributed by atoms with Crippen molar-refractivity contribution in [1.82, 2.24) is 10.2 Å². The van der Waals surface area contributed by atoms with Crippen LogP contribution in [0.15, 0.2) is 77.7 Å². The molecule has 3 aromatic carbocycles. The van der Waals surface area contributed by atoms with Crippen LogP contribution < -0.4 is 9.62 Å². The second kappa shape index (κ2) is 13.4. The van der Waals surface area contributed by atoms with Gasteiger partial charge < -0.3 is 10.2 Å². The highest BCUT2D eigenvalue weighted by atomic mass is 32.2. The molecule has 0 radical (unpaired) electrons. The molecule has 39 heavy (non-hydrogen) atoms. The smallest absolute Gasteiger partial charge is 0.264 e. The zero-order chi connectivity index (χ0) is 28.6. The molecule has 0 aliphatic rings. The summed E-state index contributed by atoms with van der Waals surface area (Å²) in [6.45, 7) is 9.70. The Kier molecular flexibility index (Phi) is 10.3. The van der Waals surface area contributed by atoms with E-state index in [1.54, 1.807) is 43.3 Å². The Labute approximate surface area is 232 Å². The Balaban J connectivity index is 2.01. The summed E-state index contributed by atoms with van der Waals surface area (Å²) in [4.78, 5) is 28.5. The van der Waals surface area contributed by atoms with E-state index >= 15 is 0 Å². The fraction of sp³-hybridized carbons (Fsp3) is 0.355. The minimum absolute atomic E-state index is 0.0964. The Hall–Kier alpha value is -3.65. The summed E-state index contributed by atoms with van der Waals surface area (Å²) in [5.74, 6) is -0.738. The first-order chi connectivity index (χ1) is 18.5. The number of benzene rings is 3. The van der Waals surface area contributed by atoms with Gasteiger partial charge in [0.05, 0.1) is 10.6 Å². The lowest BCUT2D eigenvalue weighted by Gasteiger charge is -2.32. The van der Waals surface area contributed by atoms with E-state index in [0.29, 0.717) is 12.2 Å². The summed E-state index contributed by atoms with van der Waals surface area (Å²) in [6.07, 6.45) is 1.77. The lowest BCUT2D eigenvalue weighted by molar-refractivity contribution is -0.139. The van der Waals surface area contributed by atoms with Crippen molar-refractivity contribution < 1.29 is 18.0 Å². The van der Waals surface area contributed by atoms with E-state index in [0.717, 1.165) is 39.4 Å². The predicted octanol–water partition coefficient (Wildman–Crippen LogP) is 5.14. The van der Waals surface area contributed by atoms with Crippen molar-refractivity contribution >= 4 is 27.5 Å². The van der Waals surface area contributed by atoms with Crippen LogP contribution in [0.25, 0.3) is 0 Å². The molecule has 0 heterocycles. The molecular formula is C31H39N3O4S. The lowest BCUT2D eigenvalue weighted by atomic mass is 10.1. The number of rotatable bonds is 12. The van der Waals surface area contributed by atoms with Crippen LogP contribution >= 0.6 is 0 Å². The van der Waals surface area contributed by atoms with Crippen LogP contribution in [0.4, 0.5) is 5.69 Å². The number of amides is 2. The van der Waals surface area contributed by atoms with Crippen LogP contribution in [-0.2, 0) is 26.2 Å². The van der Waals surface area contributed by atoms with E-state index in [2.05, 4.69) is 5.32 Å². The van der Waals surface area contributed by atoms with E-state index in [1.165, 1.54) is 4.90 Å². The molecule has 3 rings (SSSR count). The van der Waals surface area contributed by atoms with Gasteiger partial charge in [0.25, 0.3) is 10.0 Å². The zero-order valence-corrected chi connectivity index (χ0v) is 24.3. The molecule has 0 aliphatic heterocycles. The number of anilines is 1. The molecule has 7 nitrogen and oxygen atoms in total. The molecule has 0 fully saturated rings. The van der Waals surface area contributed by atoms with Gasteiger partial charge in [-0.1, -0.05) is 67.4 Å². The van der Waals surface area contributed by atoms with Gasteiger partial charge >= 0.3 is 0 Å². The SMILES string of the molecule is CCCCNC(=O)[C@@H](C)N(Cc1ccccc1)C(=O)CN(c1ccc(C)c(C)c1)S(=O)(=O)c1ccc(C)cc1. The van der Waals surface area contributed by atoms with Crippen molar-refractivity contribution in [3.05, 3.63) is 95.1 Å². The van der Waals surface area contributed by atoms with Gasteiger partial charge in [-0.2, -0.15) is 0 Å². The second-order valence-corrected chi connectivity index (χ2v) is 11.8. The van der Waals surface area contributed by atoms with Gasteiger partial charge in [-0.05, 0) is 75.1 Å². The highest BCUT2D eigenvalue weighted by molar-refractivity contribution is 7.92. The molecular weight excluding hydrogens is 510 g/mol. The van der Waals surface area contributed by atoms with E-state index in [9.17, 15) is 18.0 Å². The fourth-order valence-corrected chi connectivity index (χ4v) is 5.55. The summed E-state index contributed by atoms with van der Waals surface area (Å²) < 4.78 is 29.0. The molecule has 0 saturated carbocycles. The van der Waals surface area contributed by atoms with Gasteiger partial charge in [0, 0.05) is 13.1 Å². The Morgan fingerprint density at radius 3 is 2.18 bits per heavy atom. The van der Waals surface area contributed by atoms with E-state index in [-0.39, 0.29) is 17.3 Å². The van der Waals surface area contributed by atoms with Crippen molar-refractivity contribution in [2.24, 2.45) is 0 Å². The van der Waals surface area contributed by atoms with Gasteiger partial charge in [-0.15, -0.1) is 0 Å². The maximum atomic E-state index is 13.9. The van der Waals surface area contributed by atoms with Crippen molar-refractivity contribution in [2.75, 3.05) is 17.4 Å². The first-order valence-electron chi connectivity index (χ1n) is 13.3. The molecule has 1 N–H and O–H groups in total. The van der Waals surface area contributed by atoms with Crippen LogP contribution in [0.1, 0.15) is 48.9 Å². The largest absolute Gasteiger partial charge is 0.354 e.